The lowest BCUT2D eigenvalue weighted by Gasteiger charge is -2.19. The molecule has 2 N–H and O–H groups in total. The van der Waals surface area contributed by atoms with E-state index in [1.54, 1.807) is 4.90 Å². The van der Waals surface area contributed by atoms with Crippen LogP contribution >= 0.6 is 0 Å². The highest BCUT2D eigenvalue weighted by molar-refractivity contribution is 7.89. The zero-order valence-corrected chi connectivity index (χ0v) is 14.2. The lowest BCUT2D eigenvalue weighted by atomic mass is 10.3. The van der Waals surface area contributed by atoms with Gasteiger partial charge in [-0.05, 0) is 18.2 Å². The molecule has 3 rings (SSSR count). The molecular weight excluding hydrogens is 373 g/mol. The number of rotatable bonds is 4. The maximum Gasteiger partial charge on any atom is 0.417 e. The predicted octanol–water partition coefficient (Wildman–Crippen LogP) is 1.80. The first-order valence-electron chi connectivity index (χ1n) is 7.57. The molecule has 0 amide bonds. The van der Waals surface area contributed by atoms with Crippen molar-refractivity contribution in [1.29, 1.82) is 0 Å². The summed E-state index contributed by atoms with van der Waals surface area (Å²) in [6, 6.07) is 4.89. The number of alkyl halides is 3. The fraction of sp³-hybridized carbons (Fsp3) is 0.333. The second kappa shape index (κ2) is 6.72. The molecule has 11 heteroatoms. The average molecular weight is 388 g/mol. The van der Waals surface area contributed by atoms with Crippen molar-refractivity contribution >= 4 is 15.8 Å². The second-order valence-electron chi connectivity index (χ2n) is 5.73. The van der Waals surface area contributed by atoms with Gasteiger partial charge in [-0.25, -0.2) is 23.5 Å². The Labute approximate surface area is 147 Å². The Morgan fingerprint density at radius 3 is 2.62 bits per heavy atom. The molecule has 0 aromatic carbocycles. The Balaban J connectivity index is 1.70. The van der Waals surface area contributed by atoms with Gasteiger partial charge in [0.25, 0.3) is 0 Å². The summed E-state index contributed by atoms with van der Waals surface area (Å²) in [4.78, 5) is 9.36. The minimum absolute atomic E-state index is 0.0672. The number of sulfonamides is 1. The predicted molar refractivity (Wildman–Crippen MR) is 86.1 cm³/mol. The number of hydrogen-bond donors (Lipinski definition) is 1. The van der Waals surface area contributed by atoms with Crippen molar-refractivity contribution in [3.8, 4) is 5.88 Å². The van der Waals surface area contributed by atoms with Crippen molar-refractivity contribution in [2.75, 3.05) is 18.0 Å². The van der Waals surface area contributed by atoms with Crippen LogP contribution in [0.1, 0.15) is 12.0 Å². The highest BCUT2D eigenvalue weighted by Crippen LogP contribution is 2.30. The molecule has 1 unspecified atom stereocenters. The van der Waals surface area contributed by atoms with Crippen LogP contribution < -0.4 is 14.8 Å². The summed E-state index contributed by atoms with van der Waals surface area (Å²) in [7, 11) is -3.93. The minimum atomic E-state index is -4.46. The van der Waals surface area contributed by atoms with Gasteiger partial charge in [-0.1, -0.05) is 0 Å². The molecule has 3 heterocycles. The summed E-state index contributed by atoms with van der Waals surface area (Å²) in [6.07, 6.45) is -2.13. The van der Waals surface area contributed by atoms with Crippen molar-refractivity contribution < 1.29 is 26.3 Å². The third kappa shape index (κ3) is 4.05. The topological polar surface area (TPSA) is 98.4 Å². The molecule has 0 spiro atoms. The van der Waals surface area contributed by atoms with E-state index in [9.17, 15) is 21.6 Å². The first-order valence-corrected chi connectivity index (χ1v) is 9.12. The van der Waals surface area contributed by atoms with Gasteiger partial charge in [0, 0.05) is 31.4 Å². The van der Waals surface area contributed by atoms with Gasteiger partial charge >= 0.3 is 6.18 Å². The molecule has 1 fully saturated rings. The first kappa shape index (κ1) is 18.4. The van der Waals surface area contributed by atoms with Gasteiger partial charge in [0.1, 0.15) is 16.8 Å². The fourth-order valence-corrected chi connectivity index (χ4v) is 3.35. The highest BCUT2D eigenvalue weighted by atomic mass is 32.2. The molecule has 1 saturated heterocycles. The number of nitrogens with zero attached hydrogens (tertiary/aromatic N) is 3. The van der Waals surface area contributed by atoms with E-state index in [0.717, 1.165) is 12.1 Å². The van der Waals surface area contributed by atoms with Gasteiger partial charge in [-0.3, -0.25) is 0 Å². The van der Waals surface area contributed by atoms with E-state index < -0.39 is 21.8 Å². The maximum atomic E-state index is 12.5. The second-order valence-corrected chi connectivity index (χ2v) is 7.26. The monoisotopic (exact) mass is 388 g/mol. The summed E-state index contributed by atoms with van der Waals surface area (Å²) in [5.74, 6) is 0.291. The largest absolute Gasteiger partial charge is 0.472 e. The summed E-state index contributed by atoms with van der Waals surface area (Å²) >= 11 is 0. The quantitative estimate of drug-likeness (QED) is 0.858. The van der Waals surface area contributed by atoms with Crippen molar-refractivity contribution in [2.45, 2.75) is 23.6 Å². The van der Waals surface area contributed by atoms with Crippen LogP contribution in [-0.2, 0) is 16.2 Å². The van der Waals surface area contributed by atoms with Crippen molar-refractivity contribution in [3.63, 3.8) is 0 Å². The highest BCUT2D eigenvalue weighted by Gasteiger charge is 2.32. The number of halogens is 3. The summed E-state index contributed by atoms with van der Waals surface area (Å²) in [5.41, 5.74) is -0.857. The van der Waals surface area contributed by atoms with E-state index in [-0.39, 0.29) is 22.7 Å². The maximum absolute atomic E-state index is 12.5. The lowest BCUT2D eigenvalue weighted by molar-refractivity contribution is -0.137. The molecular formula is C15H15F3N4O3S. The summed E-state index contributed by atoms with van der Waals surface area (Å²) < 4.78 is 66.6. The van der Waals surface area contributed by atoms with E-state index >= 15 is 0 Å². The third-order valence-electron chi connectivity index (χ3n) is 3.85. The van der Waals surface area contributed by atoms with Crippen molar-refractivity contribution in [3.05, 3.63) is 42.2 Å². The fourth-order valence-electron chi connectivity index (χ4n) is 2.65. The SMILES string of the molecule is NS(=O)(=O)c1cccnc1N1CCC(Oc2ccc(C(F)(F)F)cn2)C1. The Bertz CT molecular complexity index is 888. The summed E-state index contributed by atoms with van der Waals surface area (Å²) in [6.45, 7) is 0.771. The van der Waals surface area contributed by atoms with E-state index in [0.29, 0.717) is 25.7 Å². The molecule has 0 bridgehead atoms. The Kier molecular flexibility index (Phi) is 4.76. The molecule has 26 heavy (non-hydrogen) atoms. The van der Waals surface area contributed by atoms with Crippen molar-refractivity contribution in [2.24, 2.45) is 5.14 Å². The molecule has 2 aromatic heterocycles. The third-order valence-corrected chi connectivity index (χ3v) is 4.78. The minimum Gasteiger partial charge on any atom is -0.472 e. The van der Waals surface area contributed by atoms with Crippen LogP contribution in [-0.4, -0.2) is 37.6 Å². The number of ether oxygens (including phenoxy) is 1. The molecule has 0 radical (unpaired) electrons. The molecule has 7 nitrogen and oxygen atoms in total. The van der Waals surface area contributed by atoms with Crippen LogP contribution in [0.5, 0.6) is 5.88 Å². The Morgan fingerprint density at radius 2 is 2.00 bits per heavy atom. The standard InChI is InChI=1S/C15H15F3N4O3S/c16-15(17,18)10-3-4-13(21-8-10)25-11-5-7-22(9-11)14-12(26(19,23)24)2-1-6-20-14/h1-4,6,8,11H,5,7,9H2,(H2,19,23,24). The lowest BCUT2D eigenvalue weighted by Crippen LogP contribution is -2.28. The number of aromatic nitrogens is 2. The van der Waals surface area contributed by atoms with E-state index in [1.807, 2.05) is 0 Å². The van der Waals surface area contributed by atoms with E-state index in [2.05, 4.69) is 9.97 Å². The zero-order valence-electron chi connectivity index (χ0n) is 13.3. The van der Waals surface area contributed by atoms with Crippen LogP contribution in [0.25, 0.3) is 0 Å². The average Bonchev–Trinajstić information content (AvgIpc) is 3.02. The number of hydrogen-bond acceptors (Lipinski definition) is 6. The van der Waals surface area contributed by atoms with Crippen LogP contribution in [0.4, 0.5) is 19.0 Å². The zero-order chi connectivity index (χ0) is 18.9. The van der Waals surface area contributed by atoms with Crippen LogP contribution in [0.3, 0.4) is 0 Å². The number of primary sulfonamides is 1. The summed E-state index contributed by atoms with van der Waals surface area (Å²) in [5, 5.41) is 5.21. The molecule has 0 aliphatic carbocycles. The van der Waals surface area contributed by atoms with Crippen LogP contribution in [0.2, 0.25) is 0 Å². The number of nitrogens with two attached hydrogens (primary N) is 1. The molecule has 2 aromatic rings. The van der Waals surface area contributed by atoms with E-state index in [1.165, 1.54) is 18.3 Å². The Morgan fingerprint density at radius 1 is 1.23 bits per heavy atom. The normalized spacial score (nSPS) is 18.2. The van der Waals surface area contributed by atoms with Gasteiger partial charge in [0.05, 0.1) is 12.1 Å². The first-order chi connectivity index (χ1) is 12.1. The van der Waals surface area contributed by atoms with Gasteiger partial charge in [0.2, 0.25) is 15.9 Å². The van der Waals surface area contributed by atoms with E-state index in [4.69, 9.17) is 9.88 Å². The van der Waals surface area contributed by atoms with Gasteiger partial charge < -0.3 is 9.64 Å². The molecule has 140 valence electrons. The number of pyridine rings is 2. The molecule has 1 aliphatic heterocycles. The van der Waals surface area contributed by atoms with Crippen molar-refractivity contribution in [1.82, 2.24) is 9.97 Å². The van der Waals surface area contributed by atoms with Gasteiger partial charge in [-0.15, -0.1) is 0 Å². The van der Waals surface area contributed by atoms with Crippen LogP contribution in [0.15, 0.2) is 41.6 Å². The Hall–Kier alpha value is -2.40. The smallest absolute Gasteiger partial charge is 0.417 e. The van der Waals surface area contributed by atoms with Crippen LogP contribution in [0, 0.1) is 0 Å². The number of anilines is 1. The van der Waals surface area contributed by atoms with Gasteiger partial charge in [-0.2, -0.15) is 13.2 Å². The molecule has 0 saturated carbocycles. The molecule has 1 atom stereocenters. The molecule has 1 aliphatic rings. The van der Waals surface area contributed by atoms with Gasteiger partial charge in [0.15, 0.2) is 0 Å².